The lowest BCUT2D eigenvalue weighted by Gasteiger charge is -2.19. The third-order valence-corrected chi connectivity index (χ3v) is 2.63. The fraction of sp³-hybridized carbons (Fsp3) is 0.545. The number of aryl methyl sites for hydroxylation is 1. The minimum Gasteiger partial charge on any atom is -0.372 e. The molecule has 5 heteroatoms. The quantitative estimate of drug-likeness (QED) is 0.756. The summed E-state index contributed by atoms with van der Waals surface area (Å²) in [4.78, 5) is 19.5. The summed E-state index contributed by atoms with van der Waals surface area (Å²) < 4.78 is 0. The molecule has 0 radical (unpaired) electrons. The predicted octanol–water partition coefficient (Wildman–Crippen LogP) is 1.57. The van der Waals surface area contributed by atoms with Gasteiger partial charge in [0.15, 0.2) is 5.82 Å². The molecule has 0 aliphatic carbocycles. The number of carbonyl (C=O) groups is 1. The number of carbonyl (C=O) groups excluding carboxylic acids is 1. The molecule has 1 aliphatic heterocycles. The molecule has 0 saturated heterocycles. The number of amides is 1. The van der Waals surface area contributed by atoms with E-state index in [2.05, 4.69) is 27.5 Å². The van der Waals surface area contributed by atoms with Crippen molar-refractivity contribution < 1.29 is 4.79 Å². The molecule has 0 unspecified atom stereocenters. The van der Waals surface area contributed by atoms with Crippen LogP contribution in [-0.2, 0) is 11.2 Å². The molecule has 0 fully saturated rings. The second kappa shape index (κ2) is 4.92. The van der Waals surface area contributed by atoms with Crippen LogP contribution in [0.4, 0.5) is 11.5 Å². The summed E-state index contributed by atoms with van der Waals surface area (Å²) in [6.07, 6.45) is 5.95. The van der Waals surface area contributed by atoms with Gasteiger partial charge in [-0.2, -0.15) is 0 Å². The summed E-state index contributed by atoms with van der Waals surface area (Å²) in [5.41, 5.74) is 1.89. The van der Waals surface area contributed by atoms with Gasteiger partial charge >= 0.3 is 0 Å². The number of rotatable bonds is 4. The Kier molecular flexibility index (Phi) is 3.34. The highest BCUT2D eigenvalue weighted by Crippen LogP contribution is 2.25. The van der Waals surface area contributed by atoms with Crippen LogP contribution >= 0.6 is 0 Å². The first-order chi connectivity index (χ1) is 7.81. The van der Waals surface area contributed by atoms with E-state index in [4.69, 9.17) is 0 Å². The number of unbranched alkanes of at least 4 members (excludes halogenated alkanes) is 2. The largest absolute Gasteiger partial charge is 0.372 e. The van der Waals surface area contributed by atoms with Crippen LogP contribution in [0.15, 0.2) is 6.33 Å². The van der Waals surface area contributed by atoms with E-state index in [0.29, 0.717) is 12.4 Å². The molecule has 2 N–H and O–H groups in total. The van der Waals surface area contributed by atoms with Crippen molar-refractivity contribution in [2.45, 2.75) is 32.6 Å². The molecule has 0 saturated carbocycles. The average molecular weight is 220 g/mol. The van der Waals surface area contributed by atoms with Crippen molar-refractivity contribution in [3.05, 3.63) is 12.0 Å². The van der Waals surface area contributed by atoms with Crippen LogP contribution in [0, 0.1) is 0 Å². The molecule has 0 aromatic carbocycles. The van der Waals surface area contributed by atoms with E-state index in [-0.39, 0.29) is 5.91 Å². The highest BCUT2D eigenvalue weighted by atomic mass is 16.2. The summed E-state index contributed by atoms with van der Waals surface area (Å²) in [5, 5.41) is 5.81. The Labute approximate surface area is 94.7 Å². The maximum absolute atomic E-state index is 11.2. The van der Waals surface area contributed by atoms with Gasteiger partial charge in [-0.25, -0.2) is 9.97 Å². The van der Waals surface area contributed by atoms with E-state index in [9.17, 15) is 4.79 Å². The standard InChI is InChI=1S/C11H16N4O/c1-2-3-4-5-8-10-11(14-7-13-8)15-9(16)6-12-10/h7,12H,2-6H2,1H3,(H,13,14,15,16). The third kappa shape index (κ3) is 2.29. The van der Waals surface area contributed by atoms with Gasteiger partial charge in [0.05, 0.1) is 17.9 Å². The molecule has 5 nitrogen and oxygen atoms in total. The number of hydrogen-bond acceptors (Lipinski definition) is 4. The van der Waals surface area contributed by atoms with Crippen LogP contribution in [0.2, 0.25) is 0 Å². The number of aromatic nitrogens is 2. The summed E-state index contributed by atoms with van der Waals surface area (Å²) in [7, 11) is 0. The molecule has 1 aromatic rings. The Balaban J connectivity index is 2.13. The summed E-state index contributed by atoms with van der Waals surface area (Å²) >= 11 is 0. The van der Waals surface area contributed by atoms with Crippen molar-refractivity contribution in [2.24, 2.45) is 0 Å². The van der Waals surface area contributed by atoms with Crippen molar-refractivity contribution in [3.63, 3.8) is 0 Å². The Morgan fingerprint density at radius 2 is 2.25 bits per heavy atom. The average Bonchev–Trinajstić information content (AvgIpc) is 2.29. The van der Waals surface area contributed by atoms with Gasteiger partial charge in [0.1, 0.15) is 6.33 Å². The van der Waals surface area contributed by atoms with E-state index in [0.717, 1.165) is 24.2 Å². The molecule has 86 valence electrons. The molecule has 2 heterocycles. The highest BCUT2D eigenvalue weighted by Gasteiger charge is 2.18. The summed E-state index contributed by atoms with van der Waals surface area (Å²) in [5.74, 6) is 0.559. The zero-order valence-electron chi connectivity index (χ0n) is 9.42. The van der Waals surface area contributed by atoms with Gasteiger partial charge in [-0.3, -0.25) is 4.79 Å². The lowest BCUT2D eigenvalue weighted by molar-refractivity contribution is -0.114. The van der Waals surface area contributed by atoms with Gasteiger partial charge in [0.2, 0.25) is 5.91 Å². The monoisotopic (exact) mass is 220 g/mol. The molecule has 1 aliphatic rings. The van der Waals surface area contributed by atoms with E-state index >= 15 is 0 Å². The normalized spacial score (nSPS) is 13.9. The number of anilines is 2. The molecule has 1 amide bonds. The minimum atomic E-state index is -0.0503. The maximum atomic E-state index is 11.2. The van der Waals surface area contributed by atoms with E-state index < -0.39 is 0 Å². The van der Waals surface area contributed by atoms with Gasteiger partial charge in [0, 0.05) is 0 Å². The summed E-state index contributed by atoms with van der Waals surface area (Å²) in [6.45, 7) is 2.48. The smallest absolute Gasteiger partial charge is 0.244 e. The molecule has 2 rings (SSSR count). The van der Waals surface area contributed by atoms with Gasteiger partial charge in [-0.15, -0.1) is 0 Å². The molecule has 1 aromatic heterocycles. The van der Waals surface area contributed by atoms with E-state index in [1.807, 2.05) is 0 Å². The number of nitrogens with one attached hydrogen (secondary N) is 2. The Morgan fingerprint density at radius 3 is 3.06 bits per heavy atom. The fourth-order valence-electron chi connectivity index (χ4n) is 1.78. The minimum absolute atomic E-state index is 0.0503. The van der Waals surface area contributed by atoms with Gasteiger partial charge in [-0.1, -0.05) is 19.8 Å². The molecular weight excluding hydrogens is 204 g/mol. The zero-order valence-corrected chi connectivity index (χ0v) is 9.42. The molecule has 16 heavy (non-hydrogen) atoms. The first-order valence-corrected chi connectivity index (χ1v) is 5.69. The zero-order chi connectivity index (χ0) is 11.4. The van der Waals surface area contributed by atoms with Crippen LogP contribution < -0.4 is 10.6 Å². The Bertz CT molecular complexity index is 392. The second-order valence-corrected chi connectivity index (χ2v) is 3.90. The number of fused-ring (bicyclic) bond motifs is 1. The van der Waals surface area contributed by atoms with Crippen molar-refractivity contribution in [3.8, 4) is 0 Å². The molecule has 0 spiro atoms. The summed E-state index contributed by atoms with van der Waals surface area (Å²) in [6, 6.07) is 0. The number of nitrogens with zero attached hydrogens (tertiary/aromatic N) is 2. The lowest BCUT2D eigenvalue weighted by atomic mass is 10.1. The second-order valence-electron chi connectivity index (χ2n) is 3.90. The lowest BCUT2D eigenvalue weighted by Crippen LogP contribution is -2.29. The Morgan fingerprint density at radius 1 is 1.38 bits per heavy atom. The number of hydrogen-bond donors (Lipinski definition) is 2. The van der Waals surface area contributed by atoms with Crippen LogP contribution in [0.3, 0.4) is 0 Å². The molecular formula is C11H16N4O. The van der Waals surface area contributed by atoms with E-state index in [1.165, 1.54) is 19.2 Å². The van der Waals surface area contributed by atoms with Crippen LogP contribution in [-0.4, -0.2) is 22.4 Å². The third-order valence-electron chi connectivity index (χ3n) is 2.63. The first-order valence-electron chi connectivity index (χ1n) is 5.69. The molecule has 0 bridgehead atoms. The first kappa shape index (κ1) is 10.9. The van der Waals surface area contributed by atoms with Crippen molar-refractivity contribution >= 4 is 17.4 Å². The van der Waals surface area contributed by atoms with Gasteiger partial charge in [-0.05, 0) is 12.8 Å². The fourth-order valence-corrected chi connectivity index (χ4v) is 1.78. The Hall–Kier alpha value is -1.65. The van der Waals surface area contributed by atoms with Crippen LogP contribution in [0.5, 0.6) is 0 Å². The van der Waals surface area contributed by atoms with E-state index in [1.54, 1.807) is 0 Å². The SMILES string of the molecule is CCCCCc1ncnc2c1NCC(=O)N2. The van der Waals surface area contributed by atoms with Gasteiger partial charge in [0.25, 0.3) is 0 Å². The van der Waals surface area contributed by atoms with Crippen molar-refractivity contribution in [1.29, 1.82) is 0 Å². The van der Waals surface area contributed by atoms with Crippen molar-refractivity contribution in [1.82, 2.24) is 9.97 Å². The van der Waals surface area contributed by atoms with Crippen LogP contribution in [0.25, 0.3) is 0 Å². The topological polar surface area (TPSA) is 66.9 Å². The highest BCUT2D eigenvalue weighted by molar-refractivity contribution is 5.99. The van der Waals surface area contributed by atoms with Crippen molar-refractivity contribution in [2.75, 3.05) is 17.2 Å². The van der Waals surface area contributed by atoms with Gasteiger partial charge < -0.3 is 10.6 Å². The maximum Gasteiger partial charge on any atom is 0.244 e. The molecule has 0 atom stereocenters. The predicted molar refractivity (Wildman–Crippen MR) is 62.4 cm³/mol. The van der Waals surface area contributed by atoms with Crippen LogP contribution in [0.1, 0.15) is 31.9 Å².